The summed E-state index contributed by atoms with van der Waals surface area (Å²) >= 11 is 0. The molecule has 0 aliphatic heterocycles. The average Bonchev–Trinajstić information content (AvgIpc) is 2.20. The number of rotatable bonds is 0. The summed E-state index contributed by atoms with van der Waals surface area (Å²) in [7, 11) is 0. The Morgan fingerprint density at radius 2 is 0.417 bits per heavy atom. The van der Waals surface area contributed by atoms with Gasteiger partial charge in [-0.3, -0.25) is 0 Å². The first kappa shape index (κ1) is 63.8. The first-order valence-corrected chi connectivity index (χ1v) is 1.44. The second-order valence-corrected chi connectivity index (χ2v) is 0. The third kappa shape index (κ3) is 1770. The van der Waals surface area contributed by atoms with Crippen LogP contribution in [0.1, 0.15) is 0 Å². The van der Waals surface area contributed by atoms with Gasteiger partial charge in [-0.25, -0.2) is 0 Å². The predicted molar refractivity (Wildman–Crippen MR) is 35.6 cm³/mol. The van der Waals surface area contributed by atoms with Crippen LogP contribution in [0.5, 0.6) is 0 Å². The smallest absolute Gasteiger partial charge is 0.106 e. The number of hydrogen-bond donors (Lipinski definition) is 0. The Balaban J connectivity index is -0.00000000500. The molecule has 0 spiro atoms. The molecule has 0 aromatic rings. The van der Waals surface area contributed by atoms with Gasteiger partial charge in [0.15, 0.2) is 0 Å². The van der Waals surface area contributed by atoms with Crippen molar-refractivity contribution in [3.8, 4) is 0 Å². The molecule has 0 saturated heterocycles. The minimum absolute atomic E-state index is 0. The van der Waals surface area contributed by atoms with Gasteiger partial charge in [0.25, 0.3) is 0 Å². The molecular weight excluding hydrogens is 259 g/mol. The van der Waals surface area contributed by atoms with Gasteiger partial charge in [-0.2, -0.15) is 0 Å². The minimum atomic E-state index is 0. The second-order valence-electron chi connectivity index (χ2n) is 0. The van der Waals surface area contributed by atoms with Crippen molar-refractivity contribution in [2.45, 2.75) is 0 Å². The maximum Gasteiger partial charge on any atom is 0.106 e. The van der Waals surface area contributed by atoms with E-state index in [9.17, 15) is 0 Å². The Labute approximate surface area is 92.2 Å². The molecule has 0 fully saturated rings. The van der Waals surface area contributed by atoms with Crippen molar-refractivity contribution in [3.05, 3.63) is 0 Å². The molecule has 7 heteroatoms. The SMILES string of the molecule is C=O.C=O.C=O.C=O.C=O.[Cu].[Fe]. The molecule has 79 valence electrons. The van der Waals surface area contributed by atoms with E-state index in [0.717, 1.165) is 0 Å². The number of hydrogen-bond acceptors (Lipinski definition) is 5. The van der Waals surface area contributed by atoms with Gasteiger partial charge < -0.3 is 24.0 Å². The molecule has 0 aromatic heterocycles. The van der Waals surface area contributed by atoms with E-state index < -0.39 is 0 Å². The molecule has 1 radical (unpaired) electrons. The van der Waals surface area contributed by atoms with Gasteiger partial charge in [-0.05, 0) is 0 Å². The van der Waals surface area contributed by atoms with Crippen LogP contribution in [0, 0.1) is 0 Å². The van der Waals surface area contributed by atoms with Crippen molar-refractivity contribution in [1.82, 2.24) is 0 Å². The van der Waals surface area contributed by atoms with Gasteiger partial charge in [-0.1, -0.05) is 0 Å². The molecule has 0 saturated carbocycles. The van der Waals surface area contributed by atoms with Gasteiger partial charge in [0, 0.05) is 34.1 Å². The summed E-state index contributed by atoms with van der Waals surface area (Å²) in [6.07, 6.45) is 0. The Kier molecular flexibility index (Phi) is 13000. The zero-order chi connectivity index (χ0) is 10.0. The standard InChI is InChI=1S/5CH2O.Cu.Fe/c5*1-2;;/h5*1H2;;. The maximum atomic E-state index is 8.00. The van der Waals surface area contributed by atoms with Gasteiger partial charge in [0.2, 0.25) is 0 Å². The first-order valence-electron chi connectivity index (χ1n) is 1.44. The van der Waals surface area contributed by atoms with Crippen molar-refractivity contribution in [2.24, 2.45) is 0 Å². The van der Waals surface area contributed by atoms with Gasteiger partial charge in [0.1, 0.15) is 33.9 Å². The van der Waals surface area contributed by atoms with Gasteiger partial charge in [-0.15, -0.1) is 0 Å². The summed E-state index contributed by atoms with van der Waals surface area (Å²) < 4.78 is 0. The molecule has 0 N–H and O–H groups in total. The topological polar surface area (TPSA) is 85.3 Å². The van der Waals surface area contributed by atoms with E-state index in [1.54, 1.807) is 0 Å². The minimum Gasteiger partial charge on any atom is -0.307 e. The molecule has 0 rings (SSSR count). The molecule has 12 heavy (non-hydrogen) atoms. The van der Waals surface area contributed by atoms with Crippen LogP contribution < -0.4 is 0 Å². The largest absolute Gasteiger partial charge is 0.307 e. The van der Waals surface area contributed by atoms with Crippen LogP contribution in [0.25, 0.3) is 0 Å². The molecule has 0 aliphatic rings. The van der Waals surface area contributed by atoms with Gasteiger partial charge >= 0.3 is 0 Å². The summed E-state index contributed by atoms with van der Waals surface area (Å²) in [6, 6.07) is 0. The Hall–Kier alpha value is -0.611. The van der Waals surface area contributed by atoms with Crippen LogP contribution in [-0.4, -0.2) is 33.9 Å². The molecule has 0 atom stereocenters. The Bertz CT molecular complexity index is 31.4. The number of carbonyl (C=O) groups is 5. The van der Waals surface area contributed by atoms with E-state index >= 15 is 0 Å². The van der Waals surface area contributed by atoms with E-state index in [1.165, 1.54) is 0 Å². The van der Waals surface area contributed by atoms with E-state index in [4.69, 9.17) is 24.0 Å². The van der Waals surface area contributed by atoms with Crippen LogP contribution in [0.15, 0.2) is 0 Å². The fourth-order valence-electron chi connectivity index (χ4n) is 0. The van der Waals surface area contributed by atoms with E-state index in [2.05, 4.69) is 0 Å². The van der Waals surface area contributed by atoms with Crippen molar-refractivity contribution < 1.29 is 58.1 Å². The monoisotopic (exact) mass is 269 g/mol. The van der Waals surface area contributed by atoms with Crippen LogP contribution >= 0.6 is 0 Å². The Morgan fingerprint density at radius 1 is 0.417 bits per heavy atom. The van der Waals surface area contributed by atoms with Crippen LogP contribution in [0.2, 0.25) is 0 Å². The normalized spacial score (nSPS) is 1.67. The molecular formula is C5H10CuFeO5. The summed E-state index contributed by atoms with van der Waals surface area (Å²) in [4.78, 5) is 40.0. The maximum absolute atomic E-state index is 8.00. The molecule has 0 bridgehead atoms. The Morgan fingerprint density at radius 3 is 0.417 bits per heavy atom. The summed E-state index contributed by atoms with van der Waals surface area (Å²) in [5, 5.41) is 0. The summed E-state index contributed by atoms with van der Waals surface area (Å²) in [5.74, 6) is 0. The van der Waals surface area contributed by atoms with Crippen LogP contribution in [0.3, 0.4) is 0 Å². The fourth-order valence-corrected chi connectivity index (χ4v) is 0. The van der Waals surface area contributed by atoms with Crippen molar-refractivity contribution in [3.63, 3.8) is 0 Å². The van der Waals surface area contributed by atoms with Crippen molar-refractivity contribution in [2.75, 3.05) is 0 Å². The van der Waals surface area contributed by atoms with Gasteiger partial charge in [0.05, 0.1) is 0 Å². The zero-order valence-electron chi connectivity index (χ0n) is 6.23. The fraction of sp³-hybridized carbons (Fsp3) is 0. The summed E-state index contributed by atoms with van der Waals surface area (Å²) in [5.41, 5.74) is 0. The van der Waals surface area contributed by atoms with Crippen molar-refractivity contribution >= 4 is 33.9 Å². The second kappa shape index (κ2) is 2450. The molecule has 0 aromatic carbocycles. The third-order valence-corrected chi connectivity index (χ3v) is 0. The molecule has 0 heterocycles. The molecule has 0 amide bonds. The van der Waals surface area contributed by atoms with E-state index in [1.807, 2.05) is 33.9 Å². The average molecular weight is 270 g/mol. The summed E-state index contributed by atoms with van der Waals surface area (Å²) in [6.45, 7) is 10.0. The number of carbonyl (C=O) groups excluding carboxylic acids is 5. The van der Waals surface area contributed by atoms with Crippen molar-refractivity contribution in [1.29, 1.82) is 0 Å². The van der Waals surface area contributed by atoms with Crippen LogP contribution in [0.4, 0.5) is 0 Å². The predicted octanol–water partition coefficient (Wildman–Crippen LogP) is -0.930. The quantitative estimate of drug-likeness (QED) is 0.530. The molecule has 0 unspecified atom stereocenters. The van der Waals surface area contributed by atoms with Crippen LogP contribution in [-0.2, 0) is 58.1 Å². The third-order valence-electron chi connectivity index (χ3n) is 0. The van der Waals surface area contributed by atoms with E-state index in [0.29, 0.717) is 0 Å². The molecule has 0 aliphatic carbocycles. The first-order chi connectivity index (χ1) is 5.00. The zero-order valence-corrected chi connectivity index (χ0v) is 8.28. The molecule has 5 nitrogen and oxygen atoms in total. The van der Waals surface area contributed by atoms with E-state index in [-0.39, 0.29) is 34.1 Å².